The molecule has 0 spiro atoms. The molecule has 19 heavy (non-hydrogen) atoms. The molecule has 1 saturated carbocycles. The van der Waals surface area contributed by atoms with Crippen LogP contribution in [0.15, 0.2) is 12.4 Å². The van der Waals surface area contributed by atoms with Crippen LogP contribution >= 0.6 is 0 Å². The molecule has 2 N–H and O–H groups in total. The van der Waals surface area contributed by atoms with Crippen LogP contribution < -0.4 is 5.32 Å². The van der Waals surface area contributed by atoms with Crippen LogP contribution in [0.2, 0.25) is 0 Å². The van der Waals surface area contributed by atoms with Crippen molar-refractivity contribution in [1.29, 1.82) is 0 Å². The lowest BCUT2D eigenvalue weighted by Crippen LogP contribution is -2.41. The van der Waals surface area contributed by atoms with Gasteiger partial charge in [0.05, 0.1) is 12.0 Å². The first-order valence-corrected chi connectivity index (χ1v) is 6.13. The van der Waals surface area contributed by atoms with Crippen molar-refractivity contribution in [2.75, 3.05) is 13.6 Å². The molecule has 7 nitrogen and oxygen atoms in total. The van der Waals surface area contributed by atoms with Gasteiger partial charge in [-0.25, -0.2) is 9.78 Å². The lowest BCUT2D eigenvalue weighted by atomic mass is 10.1. The van der Waals surface area contributed by atoms with Gasteiger partial charge in [0.25, 0.3) is 0 Å². The number of carboxylic acids is 1. The molecule has 104 valence electrons. The van der Waals surface area contributed by atoms with E-state index in [0.29, 0.717) is 19.4 Å². The number of carbonyl (C=O) groups excluding carboxylic acids is 1. The maximum absolute atomic E-state index is 11.9. The summed E-state index contributed by atoms with van der Waals surface area (Å²) < 4.78 is 1.84. The number of imidazole rings is 1. The smallest absolute Gasteiger partial charge is 0.317 e. The highest BCUT2D eigenvalue weighted by Gasteiger charge is 2.50. The van der Waals surface area contributed by atoms with E-state index in [0.717, 1.165) is 5.82 Å². The molecule has 0 atom stereocenters. The second-order valence-electron chi connectivity index (χ2n) is 5.05. The zero-order valence-electron chi connectivity index (χ0n) is 11.1. The summed E-state index contributed by atoms with van der Waals surface area (Å²) >= 11 is 0. The topological polar surface area (TPSA) is 87.5 Å². The molecule has 0 radical (unpaired) electrons. The third-order valence-electron chi connectivity index (χ3n) is 3.53. The molecule has 2 rings (SSSR count). The highest BCUT2D eigenvalue weighted by Crippen LogP contribution is 2.45. The Bertz CT molecular complexity index is 493. The molecular formula is C12H18N4O3. The van der Waals surface area contributed by atoms with E-state index < -0.39 is 11.4 Å². The molecule has 1 heterocycles. The number of carbonyl (C=O) groups is 2. The Balaban J connectivity index is 1.83. The molecule has 0 aromatic carbocycles. The zero-order valence-corrected chi connectivity index (χ0v) is 11.1. The minimum absolute atomic E-state index is 0.187. The van der Waals surface area contributed by atoms with E-state index in [-0.39, 0.29) is 12.6 Å². The van der Waals surface area contributed by atoms with Crippen LogP contribution in [-0.2, 0) is 18.4 Å². The van der Waals surface area contributed by atoms with Crippen molar-refractivity contribution in [1.82, 2.24) is 19.8 Å². The SMILES string of the molecule is CN(Cc1nccn1C)C(=O)NCC1(C(=O)O)CC1. The first kappa shape index (κ1) is 13.4. The van der Waals surface area contributed by atoms with Crippen LogP contribution in [0.4, 0.5) is 4.79 Å². The Labute approximate surface area is 111 Å². The Hall–Kier alpha value is -2.05. The monoisotopic (exact) mass is 266 g/mol. The summed E-state index contributed by atoms with van der Waals surface area (Å²) in [6.07, 6.45) is 4.74. The Morgan fingerprint density at radius 2 is 2.26 bits per heavy atom. The summed E-state index contributed by atoms with van der Waals surface area (Å²) in [7, 11) is 3.52. The number of hydrogen-bond donors (Lipinski definition) is 2. The minimum Gasteiger partial charge on any atom is -0.481 e. The quantitative estimate of drug-likeness (QED) is 0.809. The molecule has 1 aromatic rings. The van der Waals surface area contributed by atoms with Gasteiger partial charge in [0.15, 0.2) is 0 Å². The third-order valence-corrected chi connectivity index (χ3v) is 3.53. The number of rotatable bonds is 5. The number of hydrogen-bond acceptors (Lipinski definition) is 3. The zero-order chi connectivity index (χ0) is 14.0. The van der Waals surface area contributed by atoms with Gasteiger partial charge in [0.2, 0.25) is 0 Å². The lowest BCUT2D eigenvalue weighted by Gasteiger charge is -2.19. The minimum atomic E-state index is -0.834. The Morgan fingerprint density at radius 1 is 1.58 bits per heavy atom. The van der Waals surface area contributed by atoms with Gasteiger partial charge in [-0.05, 0) is 12.8 Å². The molecule has 0 unspecified atom stereocenters. The average Bonchev–Trinajstić information content (AvgIpc) is 3.06. The van der Waals surface area contributed by atoms with E-state index in [2.05, 4.69) is 10.3 Å². The van der Waals surface area contributed by atoms with E-state index >= 15 is 0 Å². The number of nitrogens with zero attached hydrogens (tertiary/aromatic N) is 3. The number of urea groups is 1. The van der Waals surface area contributed by atoms with Gasteiger partial charge >= 0.3 is 12.0 Å². The molecule has 1 fully saturated rings. The number of aromatic nitrogens is 2. The van der Waals surface area contributed by atoms with Gasteiger partial charge in [0, 0.05) is 33.0 Å². The third kappa shape index (κ3) is 2.86. The van der Waals surface area contributed by atoms with Gasteiger partial charge in [-0.1, -0.05) is 0 Å². The number of aliphatic carboxylic acids is 1. The summed E-state index contributed by atoms with van der Waals surface area (Å²) in [5, 5.41) is 11.7. The van der Waals surface area contributed by atoms with E-state index in [1.165, 1.54) is 4.90 Å². The van der Waals surface area contributed by atoms with Crippen molar-refractivity contribution in [3.05, 3.63) is 18.2 Å². The summed E-state index contributed by atoms with van der Waals surface area (Å²) in [6, 6.07) is -0.282. The van der Waals surface area contributed by atoms with E-state index in [1.54, 1.807) is 13.2 Å². The standard InChI is InChI=1S/C12H18N4O3/c1-15-6-5-13-9(15)7-16(2)11(19)14-8-12(3-4-12)10(17)18/h5-6H,3-4,7-8H2,1-2H3,(H,14,19)(H,17,18). The van der Waals surface area contributed by atoms with E-state index in [4.69, 9.17) is 5.11 Å². The van der Waals surface area contributed by atoms with Crippen molar-refractivity contribution < 1.29 is 14.7 Å². The number of carboxylic acid groups (broad SMARTS) is 1. The molecule has 7 heteroatoms. The molecule has 1 aliphatic carbocycles. The Kier molecular flexibility index (Phi) is 3.46. The fourth-order valence-corrected chi connectivity index (χ4v) is 1.83. The van der Waals surface area contributed by atoms with Gasteiger partial charge in [-0.15, -0.1) is 0 Å². The van der Waals surface area contributed by atoms with Crippen molar-refractivity contribution in [2.45, 2.75) is 19.4 Å². The van der Waals surface area contributed by atoms with Gasteiger partial charge in [-0.3, -0.25) is 4.79 Å². The van der Waals surface area contributed by atoms with Crippen molar-refractivity contribution in [2.24, 2.45) is 12.5 Å². The molecule has 1 aliphatic rings. The molecule has 0 saturated heterocycles. The first-order chi connectivity index (χ1) is 8.94. The fraction of sp³-hybridized carbons (Fsp3) is 0.583. The average molecular weight is 266 g/mol. The molecule has 0 aliphatic heterocycles. The van der Waals surface area contributed by atoms with Gasteiger partial charge in [-0.2, -0.15) is 0 Å². The highest BCUT2D eigenvalue weighted by molar-refractivity contribution is 5.80. The first-order valence-electron chi connectivity index (χ1n) is 6.13. The second-order valence-corrected chi connectivity index (χ2v) is 5.05. The normalized spacial score (nSPS) is 15.9. The predicted molar refractivity (Wildman–Crippen MR) is 67.4 cm³/mol. The maximum Gasteiger partial charge on any atom is 0.317 e. The summed E-state index contributed by atoms with van der Waals surface area (Å²) in [4.78, 5) is 28.5. The molecule has 1 aromatic heterocycles. The van der Waals surface area contributed by atoms with Crippen molar-refractivity contribution in [3.8, 4) is 0 Å². The van der Waals surface area contributed by atoms with E-state index in [9.17, 15) is 9.59 Å². The van der Waals surface area contributed by atoms with Crippen LogP contribution in [0.3, 0.4) is 0 Å². The van der Waals surface area contributed by atoms with E-state index in [1.807, 2.05) is 17.8 Å². The molecule has 0 bridgehead atoms. The van der Waals surface area contributed by atoms with Gasteiger partial charge < -0.3 is 19.9 Å². The largest absolute Gasteiger partial charge is 0.481 e. The van der Waals surface area contributed by atoms with Crippen LogP contribution in [0.5, 0.6) is 0 Å². The molecule has 2 amide bonds. The van der Waals surface area contributed by atoms with Gasteiger partial charge in [0.1, 0.15) is 5.82 Å². The lowest BCUT2D eigenvalue weighted by molar-refractivity contribution is -0.143. The summed E-state index contributed by atoms with van der Waals surface area (Å²) in [5.41, 5.74) is -0.736. The maximum atomic E-state index is 11.9. The number of aryl methyl sites for hydroxylation is 1. The predicted octanol–water partition coefficient (Wildman–Crippen LogP) is 0.426. The van der Waals surface area contributed by atoms with Crippen LogP contribution in [0, 0.1) is 5.41 Å². The van der Waals surface area contributed by atoms with Crippen molar-refractivity contribution in [3.63, 3.8) is 0 Å². The number of nitrogens with one attached hydrogen (secondary N) is 1. The number of amides is 2. The highest BCUT2D eigenvalue weighted by atomic mass is 16.4. The van der Waals surface area contributed by atoms with Crippen molar-refractivity contribution >= 4 is 12.0 Å². The van der Waals surface area contributed by atoms with Crippen LogP contribution in [0.25, 0.3) is 0 Å². The summed E-state index contributed by atoms with van der Waals surface area (Å²) in [5.74, 6) is -0.0587. The fourth-order valence-electron chi connectivity index (χ4n) is 1.83. The Morgan fingerprint density at radius 3 is 2.74 bits per heavy atom. The van der Waals surface area contributed by atoms with Crippen LogP contribution in [-0.4, -0.2) is 45.2 Å². The van der Waals surface area contributed by atoms with Crippen LogP contribution in [0.1, 0.15) is 18.7 Å². The second kappa shape index (κ2) is 4.91. The summed E-state index contributed by atoms with van der Waals surface area (Å²) in [6.45, 7) is 0.571. The molecular weight excluding hydrogens is 248 g/mol.